The van der Waals surface area contributed by atoms with Gasteiger partial charge < -0.3 is 5.32 Å². The van der Waals surface area contributed by atoms with Gasteiger partial charge in [0.05, 0.1) is 4.90 Å². The van der Waals surface area contributed by atoms with Crippen molar-refractivity contribution in [1.29, 1.82) is 0 Å². The summed E-state index contributed by atoms with van der Waals surface area (Å²) in [6.45, 7) is 4.35. The van der Waals surface area contributed by atoms with E-state index in [1.807, 2.05) is 12.1 Å². The van der Waals surface area contributed by atoms with Crippen molar-refractivity contribution in [2.45, 2.75) is 56.5 Å². The highest BCUT2D eigenvalue weighted by Crippen LogP contribution is 2.28. The Bertz CT molecular complexity index is 533. The lowest BCUT2D eigenvalue weighted by atomic mass is 9.98. The van der Waals surface area contributed by atoms with Crippen LogP contribution < -0.4 is 10.5 Å². The average molecular weight is 296 g/mol. The second kappa shape index (κ2) is 6.24. The molecule has 20 heavy (non-hydrogen) atoms. The third kappa shape index (κ3) is 3.81. The highest BCUT2D eigenvalue weighted by atomic mass is 32.2. The number of rotatable bonds is 5. The van der Waals surface area contributed by atoms with E-state index in [1.54, 1.807) is 12.1 Å². The van der Waals surface area contributed by atoms with Crippen LogP contribution in [-0.4, -0.2) is 14.5 Å². The molecule has 0 amide bonds. The molecular weight excluding hydrogens is 272 g/mol. The van der Waals surface area contributed by atoms with Gasteiger partial charge in [-0.05, 0) is 50.3 Å². The molecule has 0 bridgehead atoms. The van der Waals surface area contributed by atoms with Crippen molar-refractivity contribution >= 4 is 10.0 Å². The van der Waals surface area contributed by atoms with Gasteiger partial charge >= 0.3 is 0 Å². The molecule has 112 valence electrons. The van der Waals surface area contributed by atoms with Gasteiger partial charge in [0.15, 0.2) is 0 Å². The first-order valence-electron chi connectivity index (χ1n) is 7.27. The molecule has 1 aliphatic rings. The van der Waals surface area contributed by atoms with Crippen molar-refractivity contribution in [3.63, 3.8) is 0 Å². The minimum absolute atomic E-state index is 0.164. The van der Waals surface area contributed by atoms with Crippen LogP contribution in [0.3, 0.4) is 0 Å². The quantitative estimate of drug-likeness (QED) is 0.877. The molecule has 0 saturated heterocycles. The molecule has 1 saturated carbocycles. The molecule has 1 aliphatic carbocycles. The van der Waals surface area contributed by atoms with E-state index >= 15 is 0 Å². The maximum atomic E-state index is 11.2. The zero-order chi connectivity index (χ0) is 14.8. The lowest BCUT2D eigenvalue weighted by Gasteiger charge is -2.25. The van der Waals surface area contributed by atoms with Gasteiger partial charge in [0.2, 0.25) is 10.0 Å². The second-order valence-corrected chi connectivity index (χ2v) is 7.40. The second-order valence-electron chi connectivity index (χ2n) is 5.84. The number of nitrogens with two attached hydrogens (primary N) is 1. The van der Waals surface area contributed by atoms with E-state index in [4.69, 9.17) is 5.14 Å². The van der Waals surface area contributed by atoms with Gasteiger partial charge in [-0.2, -0.15) is 0 Å². The van der Waals surface area contributed by atoms with Crippen LogP contribution in [0.15, 0.2) is 29.2 Å². The highest BCUT2D eigenvalue weighted by molar-refractivity contribution is 7.89. The minimum Gasteiger partial charge on any atom is -0.307 e. The fourth-order valence-corrected chi connectivity index (χ4v) is 3.55. The van der Waals surface area contributed by atoms with Crippen molar-refractivity contribution in [2.75, 3.05) is 0 Å². The van der Waals surface area contributed by atoms with Crippen molar-refractivity contribution < 1.29 is 8.42 Å². The molecule has 1 fully saturated rings. The van der Waals surface area contributed by atoms with Gasteiger partial charge in [-0.25, -0.2) is 13.6 Å². The maximum Gasteiger partial charge on any atom is 0.238 e. The lowest BCUT2D eigenvalue weighted by Crippen LogP contribution is -2.34. The van der Waals surface area contributed by atoms with Crippen LogP contribution in [0.2, 0.25) is 0 Å². The summed E-state index contributed by atoms with van der Waals surface area (Å²) in [4.78, 5) is 0.164. The Balaban J connectivity index is 2.00. The summed E-state index contributed by atoms with van der Waals surface area (Å²) in [6.07, 6.45) is 5.30. The Morgan fingerprint density at radius 2 is 1.70 bits per heavy atom. The Morgan fingerprint density at radius 3 is 2.20 bits per heavy atom. The van der Waals surface area contributed by atoms with Gasteiger partial charge in [0, 0.05) is 12.1 Å². The SMILES string of the molecule is CC(N[C@H](C)C1CCCC1)c1ccc(S(N)(=O)=O)cc1. The molecule has 0 heterocycles. The summed E-state index contributed by atoms with van der Waals surface area (Å²) in [5.41, 5.74) is 1.09. The van der Waals surface area contributed by atoms with Crippen LogP contribution in [-0.2, 0) is 10.0 Å². The number of nitrogens with one attached hydrogen (secondary N) is 1. The van der Waals surface area contributed by atoms with Crippen LogP contribution in [0, 0.1) is 5.92 Å². The van der Waals surface area contributed by atoms with Crippen LogP contribution >= 0.6 is 0 Å². The smallest absolute Gasteiger partial charge is 0.238 e. The molecule has 1 unspecified atom stereocenters. The molecule has 3 N–H and O–H groups in total. The Kier molecular flexibility index (Phi) is 4.83. The van der Waals surface area contributed by atoms with Crippen LogP contribution in [0.1, 0.15) is 51.1 Å². The van der Waals surface area contributed by atoms with E-state index in [0.717, 1.165) is 11.5 Å². The molecular formula is C15H24N2O2S. The molecule has 0 radical (unpaired) electrons. The van der Waals surface area contributed by atoms with Crippen molar-refractivity contribution in [1.82, 2.24) is 5.32 Å². The van der Waals surface area contributed by atoms with Crippen molar-refractivity contribution in [3.05, 3.63) is 29.8 Å². The monoisotopic (exact) mass is 296 g/mol. The standard InChI is InChI=1S/C15H24N2O2S/c1-11(13-5-3-4-6-13)17-12(2)14-7-9-15(10-8-14)20(16,18)19/h7-13,17H,3-6H2,1-2H3,(H2,16,18,19)/t11-,12?/m1/s1. The molecule has 2 atom stereocenters. The van der Waals surface area contributed by atoms with Gasteiger partial charge in [-0.15, -0.1) is 0 Å². The highest BCUT2D eigenvalue weighted by Gasteiger charge is 2.22. The number of benzene rings is 1. The summed E-state index contributed by atoms with van der Waals surface area (Å²) in [7, 11) is -3.60. The molecule has 0 spiro atoms. The van der Waals surface area contributed by atoms with E-state index in [0.29, 0.717) is 6.04 Å². The Morgan fingerprint density at radius 1 is 1.15 bits per heavy atom. The summed E-state index contributed by atoms with van der Waals surface area (Å²) < 4.78 is 22.5. The fourth-order valence-electron chi connectivity index (χ4n) is 3.03. The largest absolute Gasteiger partial charge is 0.307 e. The Labute approximate surface area is 121 Å². The normalized spacial score (nSPS) is 19.9. The predicted molar refractivity (Wildman–Crippen MR) is 80.8 cm³/mol. The molecule has 1 aromatic carbocycles. The van der Waals surface area contributed by atoms with Crippen molar-refractivity contribution in [2.24, 2.45) is 11.1 Å². The molecule has 4 nitrogen and oxygen atoms in total. The number of primary sulfonamides is 1. The summed E-state index contributed by atoms with van der Waals surface area (Å²) >= 11 is 0. The van der Waals surface area contributed by atoms with Gasteiger partial charge in [-0.1, -0.05) is 25.0 Å². The van der Waals surface area contributed by atoms with E-state index < -0.39 is 10.0 Å². The lowest BCUT2D eigenvalue weighted by molar-refractivity contribution is 0.352. The first kappa shape index (κ1) is 15.5. The van der Waals surface area contributed by atoms with Gasteiger partial charge in [0.1, 0.15) is 0 Å². The van der Waals surface area contributed by atoms with E-state index in [-0.39, 0.29) is 10.9 Å². The zero-order valence-electron chi connectivity index (χ0n) is 12.2. The van der Waals surface area contributed by atoms with E-state index in [1.165, 1.54) is 25.7 Å². The number of sulfonamides is 1. The molecule has 0 aliphatic heterocycles. The molecule has 0 aromatic heterocycles. The number of hydrogen-bond acceptors (Lipinski definition) is 3. The first-order chi connectivity index (χ1) is 9.38. The summed E-state index contributed by atoms with van der Waals surface area (Å²) in [5.74, 6) is 0.765. The maximum absolute atomic E-state index is 11.2. The topological polar surface area (TPSA) is 72.2 Å². The van der Waals surface area contributed by atoms with E-state index in [9.17, 15) is 8.42 Å². The van der Waals surface area contributed by atoms with E-state index in [2.05, 4.69) is 19.2 Å². The van der Waals surface area contributed by atoms with Crippen LogP contribution in [0.25, 0.3) is 0 Å². The van der Waals surface area contributed by atoms with Crippen molar-refractivity contribution in [3.8, 4) is 0 Å². The Hall–Kier alpha value is -0.910. The summed E-state index contributed by atoms with van der Waals surface area (Å²) in [6, 6.07) is 7.51. The minimum atomic E-state index is -3.60. The third-order valence-corrected chi connectivity index (χ3v) is 5.26. The molecule has 5 heteroatoms. The van der Waals surface area contributed by atoms with Gasteiger partial charge in [-0.3, -0.25) is 0 Å². The predicted octanol–water partition coefficient (Wildman–Crippen LogP) is 2.56. The van der Waals surface area contributed by atoms with Gasteiger partial charge in [0.25, 0.3) is 0 Å². The van der Waals surface area contributed by atoms with Crippen LogP contribution in [0.4, 0.5) is 0 Å². The first-order valence-corrected chi connectivity index (χ1v) is 8.81. The number of hydrogen-bond donors (Lipinski definition) is 2. The van der Waals surface area contributed by atoms with Crippen LogP contribution in [0.5, 0.6) is 0 Å². The molecule has 2 rings (SSSR count). The summed E-state index contributed by atoms with van der Waals surface area (Å²) in [5, 5.41) is 8.72. The third-order valence-electron chi connectivity index (χ3n) is 4.33. The fraction of sp³-hybridized carbons (Fsp3) is 0.600. The molecule has 1 aromatic rings. The zero-order valence-corrected chi connectivity index (χ0v) is 13.0. The average Bonchev–Trinajstić information content (AvgIpc) is 2.91.